The third kappa shape index (κ3) is 3.25. The average Bonchev–Trinajstić information content (AvgIpc) is 2.89. The van der Waals surface area contributed by atoms with Crippen molar-refractivity contribution in [3.63, 3.8) is 0 Å². The van der Waals surface area contributed by atoms with Crippen molar-refractivity contribution in [1.29, 1.82) is 0 Å². The minimum atomic E-state index is -3.61. The highest BCUT2D eigenvalue weighted by Crippen LogP contribution is 2.24. The fourth-order valence-corrected chi connectivity index (χ4v) is 3.70. The normalized spacial score (nSPS) is 11.3. The van der Waals surface area contributed by atoms with E-state index in [1.165, 1.54) is 6.07 Å². The molecular formula is C12H13NO4S2. The van der Waals surface area contributed by atoms with Crippen LogP contribution in [0.3, 0.4) is 0 Å². The van der Waals surface area contributed by atoms with E-state index in [9.17, 15) is 8.42 Å². The van der Waals surface area contributed by atoms with Crippen LogP contribution in [0.4, 0.5) is 5.69 Å². The van der Waals surface area contributed by atoms with Crippen LogP contribution in [0.5, 0.6) is 5.75 Å². The standard InChI is InChI=1S/C12H13NO4S2/c1-17-11-4-2-10(3-5-11)13-19(15,16)12-6-9(7-14)8-18-12/h2-6,8,13-14H,7H2,1H3. The van der Waals surface area contributed by atoms with Gasteiger partial charge in [0, 0.05) is 5.69 Å². The van der Waals surface area contributed by atoms with Crippen LogP contribution in [0.1, 0.15) is 5.56 Å². The first kappa shape index (κ1) is 13.9. The van der Waals surface area contributed by atoms with Crippen LogP contribution in [-0.2, 0) is 16.6 Å². The molecule has 0 aliphatic rings. The zero-order valence-corrected chi connectivity index (χ0v) is 11.8. The molecule has 0 aliphatic heterocycles. The molecule has 1 aromatic heterocycles. The maximum absolute atomic E-state index is 12.1. The van der Waals surface area contributed by atoms with Gasteiger partial charge in [-0.1, -0.05) is 0 Å². The van der Waals surface area contributed by atoms with Gasteiger partial charge in [0.15, 0.2) is 0 Å². The second-order valence-corrected chi connectivity index (χ2v) is 6.59. The van der Waals surface area contributed by atoms with Gasteiger partial charge in [0.25, 0.3) is 10.0 Å². The second kappa shape index (κ2) is 5.60. The molecule has 0 spiro atoms. The highest BCUT2D eigenvalue weighted by molar-refractivity contribution is 7.94. The van der Waals surface area contributed by atoms with Gasteiger partial charge >= 0.3 is 0 Å². The van der Waals surface area contributed by atoms with Crippen molar-refractivity contribution in [2.45, 2.75) is 10.8 Å². The molecule has 2 rings (SSSR count). The summed E-state index contributed by atoms with van der Waals surface area (Å²) in [5.41, 5.74) is 1.04. The molecule has 0 atom stereocenters. The monoisotopic (exact) mass is 299 g/mol. The number of aliphatic hydroxyl groups is 1. The molecule has 2 N–H and O–H groups in total. The number of rotatable bonds is 5. The summed E-state index contributed by atoms with van der Waals surface area (Å²) in [6, 6.07) is 8.04. The van der Waals surface area contributed by atoms with Crippen LogP contribution in [0.25, 0.3) is 0 Å². The maximum Gasteiger partial charge on any atom is 0.271 e. The molecule has 0 fully saturated rings. The Morgan fingerprint density at radius 1 is 1.32 bits per heavy atom. The molecule has 1 heterocycles. The third-order valence-electron chi connectivity index (χ3n) is 2.42. The van der Waals surface area contributed by atoms with Crippen LogP contribution >= 0.6 is 11.3 Å². The molecule has 0 amide bonds. The Labute approximate surface area is 115 Å². The molecule has 102 valence electrons. The Morgan fingerprint density at radius 2 is 2.00 bits per heavy atom. The molecular weight excluding hydrogens is 286 g/mol. The number of anilines is 1. The van der Waals surface area contributed by atoms with E-state index in [0.717, 1.165) is 11.3 Å². The van der Waals surface area contributed by atoms with E-state index in [2.05, 4.69) is 4.72 Å². The van der Waals surface area contributed by atoms with Crippen LogP contribution in [-0.4, -0.2) is 20.6 Å². The summed E-state index contributed by atoms with van der Waals surface area (Å²) in [6.45, 7) is -0.172. The van der Waals surface area contributed by atoms with E-state index in [1.54, 1.807) is 36.8 Å². The molecule has 7 heteroatoms. The number of sulfonamides is 1. The smallest absolute Gasteiger partial charge is 0.271 e. The number of ether oxygens (including phenoxy) is 1. The van der Waals surface area contributed by atoms with Crippen LogP contribution < -0.4 is 9.46 Å². The molecule has 2 aromatic rings. The lowest BCUT2D eigenvalue weighted by atomic mass is 10.3. The van der Waals surface area contributed by atoms with E-state index in [-0.39, 0.29) is 10.8 Å². The molecule has 19 heavy (non-hydrogen) atoms. The molecule has 1 aromatic carbocycles. The van der Waals surface area contributed by atoms with Crippen LogP contribution in [0, 0.1) is 0 Å². The number of nitrogens with one attached hydrogen (secondary N) is 1. The van der Waals surface area contributed by atoms with Gasteiger partial charge < -0.3 is 9.84 Å². The molecule has 0 unspecified atom stereocenters. The molecule has 0 saturated carbocycles. The lowest BCUT2D eigenvalue weighted by Gasteiger charge is -2.06. The van der Waals surface area contributed by atoms with Crippen molar-refractivity contribution in [2.75, 3.05) is 11.8 Å². The summed E-state index contributed by atoms with van der Waals surface area (Å²) < 4.78 is 31.8. The minimum absolute atomic E-state index is 0.172. The summed E-state index contributed by atoms with van der Waals surface area (Å²) in [5.74, 6) is 0.654. The van der Waals surface area contributed by atoms with Crippen molar-refractivity contribution in [2.24, 2.45) is 0 Å². The zero-order chi connectivity index (χ0) is 13.9. The highest BCUT2D eigenvalue weighted by atomic mass is 32.2. The van der Waals surface area contributed by atoms with Gasteiger partial charge in [0.1, 0.15) is 9.96 Å². The topological polar surface area (TPSA) is 75.6 Å². The van der Waals surface area contributed by atoms with Crippen molar-refractivity contribution in [3.05, 3.63) is 41.3 Å². The number of hydrogen-bond acceptors (Lipinski definition) is 5. The Kier molecular flexibility index (Phi) is 4.08. The minimum Gasteiger partial charge on any atom is -0.497 e. The first-order valence-electron chi connectivity index (χ1n) is 5.40. The predicted octanol–water partition coefficient (Wildman–Crippen LogP) is 2.05. The van der Waals surface area contributed by atoms with E-state index in [0.29, 0.717) is 17.0 Å². The summed E-state index contributed by atoms with van der Waals surface area (Å²) in [5, 5.41) is 10.6. The summed E-state index contributed by atoms with van der Waals surface area (Å²) >= 11 is 1.07. The fourth-order valence-electron chi connectivity index (χ4n) is 1.44. The van der Waals surface area contributed by atoms with Crippen LogP contribution in [0.2, 0.25) is 0 Å². The lowest BCUT2D eigenvalue weighted by molar-refractivity contribution is 0.282. The predicted molar refractivity (Wildman–Crippen MR) is 74.0 cm³/mol. The molecule has 0 radical (unpaired) electrons. The lowest BCUT2D eigenvalue weighted by Crippen LogP contribution is -2.11. The van der Waals surface area contributed by atoms with Crippen molar-refractivity contribution >= 4 is 27.0 Å². The van der Waals surface area contributed by atoms with Gasteiger partial charge in [-0.05, 0) is 41.3 Å². The van der Waals surface area contributed by atoms with E-state index >= 15 is 0 Å². The van der Waals surface area contributed by atoms with Gasteiger partial charge in [0.05, 0.1) is 13.7 Å². The van der Waals surface area contributed by atoms with E-state index in [4.69, 9.17) is 9.84 Å². The second-order valence-electron chi connectivity index (χ2n) is 3.77. The van der Waals surface area contributed by atoms with Gasteiger partial charge in [-0.15, -0.1) is 11.3 Å². The first-order chi connectivity index (χ1) is 9.05. The highest BCUT2D eigenvalue weighted by Gasteiger charge is 2.16. The Morgan fingerprint density at radius 3 is 2.53 bits per heavy atom. The quantitative estimate of drug-likeness (QED) is 0.886. The number of benzene rings is 1. The van der Waals surface area contributed by atoms with E-state index in [1.807, 2.05) is 0 Å². The first-order valence-corrected chi connectivity index (χ1v) is 7.76. The van der Waals surface area contributed by atoms with Gasteiger partial charge in [-0.2, -0.15) is 0 Å². The Balaban J connectivity index is 2.20. The van der Waals surface area contributed by atoms with Crippen molar-refractivity contribution in [3.8, 4) is 5.75 Å². The molecule has 5 nitrogen and oxygen atoms in total. The number of methoxy groups -OCH3 is 1. The van der Waals surface area contributed by atoms with Gasteiger partial charge in [-0.25, -0.2) is 8.42 Å². The average molecular weight is 299 g/mol. The number of aliphatic hydroxyl groups excluding tert-OH is 1. The maximum atomic E-state index is 12.1. The van der Waals surface area contributed by atoms with Crippen molar-refractivity contribution < 1.29 is 18.3 Å². The summed E-state index contributed by atoms with van der Waals surface area (Å²) in [7, 11) is -2.06. The molecule has 0 aliphatic carbocycles. The fraction of sp³-hybridized carbons (Fsp3) is 0.167. The van der Waals surface area contributed by atoms with E-state index < -0.39 is 10.0 Å². The third-order valence-corrected chi connectivity index (χ3v) is 5.29. The number of thiophene rings is 1. The molecule has 0 bridgehead atoms. The Hall–Kier alpha value is -1.57. The largest absolute Gasteiger partial charge is 0.497 e. The number of hydrogen-bond donors (Lipinski definition) is 2. The Bertz CT molecular complexity index is 647. The van der Waals surface area contributed by atoms with Crippen LogP contribution in [0.15, 0.2) is 39.9 Å². The summed E-state index contributed by atoms with van der Waals surface area (Å²) in [4.78, 5) is 0. The van der Waals surface area contributed by atoms with Gasteiger partial charge in [0.2, 0.25) is 0 Å². The molecule has 0 saturated heterocycles. The van der Waals surface area contributed by atoms with Crippen molar-refractivity contribution in [1.82, 2.24) is 0 Å². The zero-order valence-electron chi connectivity index (χ0n) is 10.2. The van der Waals surface area contributed by atoms with Gasteiger partial charge in [-0.3, -0.25) is 4.72 Å². The SMILES string of the molecule is COc1ccc(NS(=O)(=O)c2cc(CO)cs2)cc1. The summed E-state index contributed by atoms with van der Waals surface area (Å²) in [6.07, 6.45) is 0.